The molecule has 0 radical (unpaired) electrons. The van der Waals surface area contributed by atoms with Gasteiger partial charge in [0.05, 0.1) is 5.69 Å². The summed E-state index contributed by atoms with van der Waals surface area (Å²) in [4.78, 5) is 0.983. The Kier molecular flexibility index (Phi) is 4.73. The standard InChI is InChI=1S/C14H16ClNO2S2/c1-11-4-3-5-12(10-11)16(2)20(17,18)14-7-6-13(19-14)8-9-15/h3-7,10H,8-9H2,1-2H3. The van der Waals surface area contributed by atoms with Gasteiger partial charge in [0, 0.05) is 17.8 Å². The Labute approximate surface area is 128 Å². The number of benzene rings is 1. The van der Waals surface area contributed by atoms with Crippen molar-refractivity contribution in [3.8, 4) is 0 Å². The van der Waals surface area contributed by atoms with Crippen molar-refractivity contribution in [2.45, 2.75) is 17.6 Å². The van der Waals surface area contributed by atoms with Crippen molar-refractivity contribution < 1.29 is 8.42 Å². The van der Waals surface area contributed by atoms with Crippen LogP contribution in [0, 0.1) is 6.92 Å². The van der Waals surface area contributed by atoms with E-state index in [1.807, 2.05) is 31.2 Å². The van der Waals surface area contributed by atoms with Crippen LogP contribution in [-0.2, 0) is 16.4 Å². The molecule has 3 nitrogen and oxygen atoms in total. The van der Waals surface area contributed by atoms with Gasteiger partial charge >= 0.3 is 0 Å². The van der Waals surface area contributed by atoms with E-state index in [1.165, 1.54) is 15.6 Å². The molecule has 0 bridgehead atoms. The summed E-state index contributed by atoms with van der Waals surface area (Å²) < 4.78 is 26.8. The molecular formula is C14H16ClNO2S2. The van der Waals surface area contributed by atoms with Gasteiger partial charge in [-0.25, -0.2) is 8.42 Å². The first kappa shape index (κ1) is 15.4. The molecule has 1 aromatic carbocycles. The van der Waals surface area contributed by atoms with E-state index in [9.17, 15) is 8.42 Å². The maximum atomic E-state index is 12.6. The number of rotatable bonds is 5. The minimum atomic E-state index is -3.50. The lowest BCUT2D eigenvalue weighted by molar-refractivity contribution is 0.596. The normalized spacial score (nSPS) is 11.6. The zero-order valence-electron chi connectivity index (χ0n) is 11.3. The smallest absolute Gasteiger partial charge is 0.269 e. The van der Waals surface area contributed by atoms with Gasteiger partial charge < -0.3 is 0 Å². The highest BCUT2D eigenvalue weighted by molar-refractivity contribution is 7.94. The topological polar surface area (TPSA) is 37.4 Å². The highest BCUT2D eigenvalue weighted by Gasteiger charge is 2.23. The Hall–Kier alpha value is -1.04. The van der Waals surface area contributed by atoms with Crippen LogP contribution in [0.5, 0.6) is 0 Å². The number of anilines is 1. The van der Waals surface area contributed by atoms with Crippen LogP contribution in [0.1, 0.15) is 10.4 Å². The Balaban J connectivity index is 2.33. The number of sulfonamides is 1. The summed E-state index contributed by atoms with van der Waals surface area (Å²) in [5, 5.41) is 0. The maximum absolute atomic E-state index is 12.6. The average molecular weight is 330 g/mol. The van der Waals surface area contributed by atoms with Crippen molar-refractivity contribution in [1.82, 2.24) is 0 Å². The van der Waals surface area contributed by atoms with Crippen LogP contribution < -0.4 is 4.31 Å². The molecule has 0 amide bonds. The Morgan fingerprint density at radius 1 is 1.25 bits per heavy atom. The van der Waals surface area contributed by atoms with Gasteiger partial charge in [-0.2, -0.15) is 0 Å². The summed E-state index contributed by atoms with van der Waals surface area (Å²) >= 11 is 6.96. The highest BCUT2D eigenvalue weighted by Crippen LogP contribution is 2.28. The molecule has 0 atom stereocenters. The fourth-order valence-electron chi connectivity index (χ4n) is 1.82. The van der Waals surface area contributed by atoms with Crippen LogP contribution in [0.25, 0.3) is 0 Å². The zero-order chi connectivity index (χ0) is 14.8. The van der Waals surface area contributed by atoms with Crippen molar-refractivity contribution in [2.75, 3.05) is 17.2 Å². The predicted molar refractivity (Wildman–Crippen MR) is 85.5 cm³/mol. The van der Waals surface area contributed by atoms with Crippen LogP contribution in [-0.4, -0.2) is 21.3 Å². The molecule has 0 N–H and O–H groups in total. The molecule has 2 aromatic rings. The van der Waals surface area contributed by atoms with E-state index in [4.69, 9.17) is 11.6 Å². The summed E-state index contributed by atoms with van der Waals surface area (Å²) in [6, 6.07) is 10.9. The number of nitrogens with zero attached hydrogens (tertiary/aromatic N) is 1. The number of aryl methyl sites for hydroxylation is 2. The van der Waals surface area contributed by atoms with Crippen molar-refractivity contribution >= 4 is 38.6 Å². The number of thiophene rings is 1. The van der Waals surface area contributed by atoms with E-state index in [-0.39, 0.29) is 0 Å². The summed E-state index contributed by atoms with van der Waals surface area (Å²) in [6.45, 7) is 1.94. The fraction of sp³-hybridized carbons (Fsp3) is 0.286. The van der Waals surface area contributed by atoms with Crippen molar-refractivity contribution in [2.24, 2.45) is 0 Å². The van der Waals surface area contributed by atoms with Gasteiger partial charge in [0.15, 0.2) is 0 Å². The largest absolute Gasteiger partial charge is 0.273 e. The third-order valence-electron chi connectivity index (χ3n) is 2.96. The second-order valence-corrected chi connectivity index (χ2v) is 8.21. The average Bonchev–Trinajstić information content (AvgIpc) is 2.87. The van der Waals surface area contributed by atoms with Gasteiger partial charge in [-0.3, -0.25) is 4.31 Å². The van der Waals surface area contributed by atoms with Crippen LogP contribution in [0.4, 0.5) is 5.69 Å². The van der Waals surface area contributed by atoms with Crippen molar-refractivity contribution in [1.29, 1.82) is 0 Å². The second-order valence-electron chi connectivity index (χ2n) is 4.47. The molecule has 0 saturated carbocycles. The molecular weight excluding hydrogens is 314 g/mol. The molecule has 0 aliphatic rings. The molecule has 1 aromatic heterocycles. The monoisotopic (exact) mass is 329 g/mol. The van der Waals surface area contributed by atoms with Crippen LogP contribution in [0.15, 0.2) is 40.6 Å². The lowest BCUT2D eigenvalue weighted by Gasteiger charge is -2.18. The first-order valence-electron chi connectivity index (χ1n) is 6.15. The van der Waals surface area contributed by atoms with E-state index >= 15 is 0 Å². The molecule has 0 fully saturated rings. The van der Waals surface area contributed by atoms with Gasteiger partial charge in [-0.15, -0.1) is 22.9 Å². The fourth-order valence-corrected chi connectivity index (χ4v) is 4.85. The molecule has 6 heteroatoms. The van der Waals surface area contributed by atoms with Crippen LogP contribution in [0.2, 0.25) is 0 Å². The molecule has 2 rings (SSSR count). The maximum Gasteiger partial charge on any atom is 0.273 e. The molecule has 0 spiro atoms. The summed E-state index contributed by atoms with van der Waals surface area (Å²) in [5.41, 5.74) is 1.69. The molecule has 20 heavy (non-hydrogen) atoms. The minimum absolute atomic E-state index is 0.349. The van der Waals surface area contributed by atoms with E-state index in [0.717, 1.165) is 10.4 Å². The first-order chi connectivity index (χ1) is 9.45. The minimum Gasteiger partial charge on any atom is -0.269 e. The SMILES string of the molecule is Cc1cccc(N(C)S(=O)(=O)c2ccc(CCCl)s2)c1. The van der Waals surface area contributed by atoms with Gasteiger partial charge in [-0.1, -0.05) is 12.1 Å². The molecule has 1 heterocycles. The third kappa shape index (κ3) is 3.16. The van der Waals surface area contributed by atoms with E-state index in [2.05, 4.69) is 0 Å². The molecule has 0 aliphatic heterocycles. The highest BCUT2D eigenvalue weighted by atomic mass is 35.5. The summed E-state index contributed by atoms with van der Waals surface area (Å²) in [6.07, 6.45) is 0.690. The van der Waals surface area contributed by atoms with Crippen LogP contribution >= 0.6 is 22.9 Å². The number of halogens is 1. The lowest BCUT2D eigenvalue weighted by atomic mass is 10.2. The number of hydrogen-bond acceptors (Lipinski definition) is 3. The molecule has 0 unspecified atom stereocenters. The quantitative estimate of drug-likeness (QED) is 0.785. The Bertz CT molecular complexity index is 695. The van der Waals surface area contributed by atoms with E-state index in [1.54, 1.807) is 19.2 Å². The Morgan fingerprint density at radius 2 is 2.00 bits per heavy atom. The lowest BCUT2D eigenvalue weighted by Crippen LogP contribution is -2.25. The van der Waals surface area contributed by atoms with Gasteiger partial charge in [0.2, 0.25) is 0 Å². The van der Waals surface area contributed by atoms with E-state index < -0.39 is 10.0 Å². The van der Waals surface area contributed by atoms with E-state index in [0.29, 0.717) is 22.2 Å². The summed E-state index contributed by atoms with van der Waals surface area (Å²) in [7, 11) is -1.92. The summed E-state index contributed by atoms with van der Waals surface area (Å²) in [5.74, 6) is 0.494. The van der Waals surface area contributed by atoms with Crippen molar-refractivity contribution in [3.05, 3.63) is 46.8 Å². The predicted octanol–water partition coefficient (Wildman–Crippen LogP) is 3.66. The molecule has 0 saturated heterocycles. The Morgan fingerprint density at radius 3 is 2.65 bits per heavy atom. The number of alkyl halides is 1. The van der Waals surface area contributed by atoms with Gasteiger partial charge in [0.25, 0.3) is 10.0 Å². The second kappa shape index (κ2) is 6.16. The number of hydrogen-bond donors (Lipinski definition) is 0. The third-order valence-corrected chi connectivity index (χ3v) is 6.54. The van der Waals surface area contributed by atoms with Crippen LogP contribution in [0.3, 0.4) is 0 Å². The zero-order valence-corrected chi connectivity index (χ0v) is 13.7. The van der Waals surface area contributed by atoms with Gasteiger partial charge in [-0.05, 0) is 43.2 Å². The molecule has 0 aliphatic carbocycles. The van der Waals surface area contributed by atoms with Crippen molar-refractivity contribution in [3.63, 3.8) is 0 Å². The first-order valence-corrected chi connectivity index (χ1v) is 8.94. The molecule has 108 valence electrons. The van der Waals surface area contributed by atoms with Gasteiger partial charge in [0.1, 0.15) is 4.21 Å².